The fourth-order valence-corrected chi connectivity index (χ4v) is 4.26. The van der Waals surface area contributed by atoms with Crippen molar-refractivity contribution >= 4 is 29.8 Å². The van der Waals surface area contributed by atoms with Gasteiger partial charge in [-0.2, -0.15) is 0 Å². The lowest BCUT2D eigenvalue weighted by Crippen LogP contribution is -2.58. The molecule has 4 amide bonds. The Morgan fingerprint density at radius 1 is 0.864 bits per heavy atom. The van der Waals surface area contributed by atoms with Crippen LogP contribution in [-0.2, 0) is 35.3 Å². The van der Waals surface area contributed by atoms with Crippen LogP contribution in [0, 0.1) is 11.8 Å². The van der Waals surface area contributed by atoms with Crippen molar-refractivity contribution < 1.29 is 38.6 Å². The number of aliphatic hydroxyl groups is 1. The molecule has 0 bridgehead atoms. The fraction of sp³-hybridized carbons (Fsp3) is 0.594. The number of carbonyl (C=O) groups is 5. The minimum absolute atomic E-state index is 0.0542. The van der Waals surface area contributed by atoms with E-state index in [0.29, 0.717) is 13.0 Å². The SMILES string of the molecule is C=COC(=O)[C@H](CC(C)C)NC(=O)[C@H](CO)NC(=O)[C@@H](NC(=O)CCCCCCCNC(=O)OCc1ccccc1)C(C)C. The number of rotatable bonds is 21. The summed E-state index contributed by atoms with van der Waals surface area (Å²) in [7, 11) is 0. The van der Waals surface area contributed by atoms with Crippen LogP contribution in [-0.4, -0.2) is 66.2 Å². The topological polar surface area (TPSA) is 172 Å². The smallest absolute Gasteiger partial charge is 0.407 e. The van der Waals surface area contributed by atoms with Gasteiger partial charge in [-0.15, -0.1) is 0 Å². The first-order chi connectivity index (χ1) is 21.0. The lowest BCUT2D eigenvalue weighted by Gasteiger charge is -2.26. The Balaban J connectivity index is 2.39. The van der Waals surface area contributed by atoms with Gasteiger partial charge in [-0.05, 0) is 36.7 Å². The van der Waals surface area contributed by atoms with Gasteiger partial charge in [0.2, 0.25) is 17.7 Å². The van der Waals surface area contributed by atoms with Crippen molar-refractivity contribution in [2.45, 2.75) is 97.4 Å². The van der Waals surface area contributed by atoms with E-state index in [0.717, 1.165) is 37.5 Å². The minimum Gasteiger partial charge on any atom is -0.445 e. The summed E-state index contributed by atoms with van der Waals surface area (Å²) in [6, 6.07) is 6.21. The second-order valence-corrected chi connectivity index (χ2v) is 11.3. The number of aliphatic hydroxyl groups excluding tert-OH is 1. The van der Waals surface area contributed by atoms with Crippen LogP contribution in [0.5, 0.6) is 0 Å². The summed E-state index contributed by atoms with van der Waals surface area (Å²) in [6.45, 7) is 10.6. The Labute approximate surface area is 260 Å². The second kappa shape index (κ2) is 21.7. The Bertz CT molecular complexity index is 1050. The van der Waals surface area contributed by atoms with Gasteiger partial charge in [0.15, 0.2) is 0 Å². The molecule has 0 heterocycles. The highest BCUT2D eigenvalue weighted by Gasteiger charge is 2.31. The molecule has 12 heteroatoms. The highest BCUT2D eigenvalue weighted by molar-refractivity contribution is 5.93. The lowest BCUT2D eigenvalue weighted by molar-refractivity contribution is -0.143. The van der Waals surface area contributed by atoms with Crippen LogP contribution < -0.4 is 21.3 Å². The molecule has 1 aromatic rings. The van der Waals surface area contributed by atoms with Crippen molar-refractivity contribution in [1.29, 1.82) is 0 Å². The highest BCUT2D eigenvalue weighted by atomic mass is 16.5. The third kappa shape index (κ3) is 16.1. The normalized spacial score (nSPS) is 12.9. The molecule has 1 aromatic carbocycles. The zero-order valence-electron chi connectivity index (χ0n) is 26.4. The Kier molecular flexibility index (Phi) is 18.8. The Morgan fingerprint density at radius 2 is 1.50 bits per heavy atom. The van der Waals surface area contributed by atoms with Gasteiger partial charge in [0.05, 0.1) is 12.9 Å². The highest BCUT2D eigenvalue weighted by Crippen LogP contribution is 2.09. The van der Waals surface area contributed by atoms with E-state index in [4.69, 9.17) is 9.47 Å². The van der Waals surface area contributed by atoms with Gasteiger partial charge >= 0.3 is 12.1 Å². The number of amides is 4. The van der Waals surface area contributed by atoms with Gasteiger partial charge in [-0.1, -0.05) is 83.9 Å². The zero-order valence-corrected chi connectivity index (χ0v) is 26.4. The molecule has 0 spiro atoms. The summed E-state index contributed by atoms with van der Waals surface area (Å²) in [5, 5.41) is 20.2. The van der Waals surface area contributed by atoms with E-state index in [2.05, 4.69) is 27.8 Å². The number of nitrogens with one attached hydrogen (secondary N) is 4. The molecule has 0 radical (unpaired) electrons. The zero-order chi connectivity index (χ0) is 32.9. The summed E-state index contributed by atoms with van der Waals surface area (Å²) in [6.07, 6.45) is 5.02. The number of alkyl carbamates (subject to hydrolysis) is 1. The first-order valence-electron chi connectivity index (χ1n) is 15.2. The van der Waals surface area contributed by atoms with Crippen LogP contribution in [0.4, 0.5) is 4.79 Å². The Morgan fingerprint density at radius 3 is 2.11 bits per heavy atom. The molecule has 5 N–H and O–H groups in total. The van der Waals surface area contributed by atoms with E-state index >= 15 is 0 Å². The molecule has 0 aliphatic carbocycles. The molecule has 0 aliphatic rings. The largest absolute Gasteiger partial charge is 0.445 e. The molecule has 0 unspecified atom stereocenters. The monoisotopic (exact) mass is 618 g/mol. The molecule has 0 saturated heterocycles. The summed E-state index contributed by atoms with van der Waals surface area (Å²) < 4.78 is 9.97. The van der Waals surface area contributed by atoms with Crippen molar-refractivity contribution in [1.82, 2.24) is 21.3 Å². The van der Waals surface area contributed by atoms with Crippen LogP contribution in [0.3, 0.4) is 0 Å². The number of benzene rings is 1. The van der Waals surface area contributed by atoms with Gasteiger partial charge in [0.1, 0.15) is 24.7 Å². The first-order valence-corrected chi connectivity index (χ1v) is 15.2. The van der Waals surface area contributed by atoms with E-state index in [1.165, 1.54) is 0 Å². The fourth-order valence-electron chi connectivity index (χ4n) is 4.26. The maximum absolute atomic E-state index is 13.0. The van der Waals surface area contributed by atoms with Gasteiger partial charge in [0, 0.05) is 13.0 Å². The summed E-state index contributed by atoms with van der Waals surface area (Å²) in [5.74, 6) is -2.60. The number of esters is 1. The predicted octanol–water partition coefficient (Wildman–Crippen LogP) is 3.09. The van der Waals surface area contributed by atoms with Crippen molar-refractivity contribution in [2.24, 2.45) is 11.8 Å². The number of hydrogen-bond acceptors (Lipinski definition) is 8. The van der Waals surface area contributed by atoms with Gasteiger partial charge < -0.3 is 35.8 Å². The minimum atomic E-state index is -1.33. The molecule has 1 rings (SSSR count). The van der Waals surface area contributed by atoms with Crippen molar-refractivity contribution in [3.63, 3.8) is 0 Å². The molecule has 246 valence electrons. The number of ether oxygens (including phenoxy) is 2. The lowest BCUT2D eigenvalue weighted by atomic mass is 10.0. The molecule has 3 atom stereocenters. The molecule has 0 aliphatic heterocycles. The third-order valence-corrected chi connectivity index (χ3v) is 6.65. The molecule has 0 saturated carbocycles. The van der Waals surface area contributed by atoms with Crippen molar-refractivity contribution in [3.8, 4) is 0 Å². The number of carbonyl (C=O) groups excluding carboxylic acids is 5. The second-order valence-electron chi connectivity index (χ2n) is 11.3. The predicted molar refractivity (Wildman–Crippen MR) is 166 cm³/mol. The maximum Gasteiger partial charge on any atom is 0.407 e. The van der Waals surface area contributed by atoms with Gasteiger partial charge in [0.25, 0.3) is 0 Å². The molecule has 12 nitrogen and oxygen atoms in total. The van der Waals surface area contributed by atoms with Crippen LogP contribution in [0.25, 0.3) is 0 Å². The van der Waals surface area contributed by atoms with Crippen LogP contribution >= 0.6 is 0 Å². The molecule has 44 heavy (non-hydrogen) atoms. The van der Waals surface area contributed by atoms with Crippen LogP contribution in [0.15, 0.2) is 43.2 Å². The molecular formula is C32H50N4O8. The van der Waals surface area contributed by atoms with Gasteiger partial charge in [-0.3, -0.25) is 14.4 Å². The van der Waals surface area contributed by atoms with Crippen molar-refractivity contribution in [2.75, 3.05) is 13.2 Å². The van der Waals surface area contributed by atoms with Crippen LogP contribution in [0.1, 0.15) is 78.2 Å². The summed E-state index contributed by atoms with van der Waals surface area (Å²) in [4.78, 5) is 62.3. The average Bonchev–Trinajstić information content (AvgIpc) is 2.98. The number of hydrogen-bond donors (Lipinski definition) is 5. The molecule has 0 aromatic heterocycles. The van der Waals surface area contributed by atoms with E-state index < -0.39 is 48.6 Å². The number of unbranched alkanes of at least 4 members (excludes halogenated alkanes) is 4. The van der Waals surface area contributed by atoms with E-state index in [1.54, 1.807) is 13.8 Å². The van der Waals surface area contributed by atoms with E-state index in [1.807, 2.05) is 44.2 Å². The van der Waals surface area contributed by atoms with E-state index in [-0.39, 0.29) is 37.2 Å². The van der Waals surface area contributed by atoms with Crippen molar-refractivity contribution in [3.05, 3.63) is 48.7 Å². The first kappa shape index (κ1) is 38.1. The Hall–Kier alpha value is -3.93. The van der Waals surface area contributed by atoms with E-state index in [9.17, 15) is 29.1 Å². The average molecular weight is 619 g/mol. The molecule has 0 fully saturated rings. The third-order valence-electron chi connectivity index (χ3n) is 6.65. The quantitative estimate of drug-likeness (QED) is 0.0794. The van der Waals surface area contributed by atoms with Gasteiger partial charge in [-0.25, -0.2) is 9.59 Å². The van der Waals surface area contributed by atoms with Crippen LogP contribution in [0.2, 0.25) is 0 Å². The standard InChI is InChI=1S/C32H50N4O8/c1-6-43-31(41)25(19-22(2)3)34-29(39)26(20-37)35-30(40)28(23(4)5)36-27(38)17-13-8-7-9-14-18-33-32(42)44-21-24-15-11-10-12-16-24/h6,10-12,15-16,22-23,25-26,28,37H,1,7-9,13-14,17-21H2,2-5H3,(H,33,42)(H,34,39)(H,35,40)(H,36,38)/t25-,26-,28-/m0/s1. The summed E-state index contributed by atoms with van der Waals surface area (Å²) in [5.41, 5.74) is 0.921. The maximum atomic E-state index is 13.0. The molecular weight excluding hydrogens is 568 g/mol. The summed E-state index contributed by atoms with van der Waals surface area (Å²) >= 11 is 0.